The molecular formula is C13H15NO3S2. The van der Waals surface area contributed by atoms with E-state index in [2.05, 4.69) is 11.9 Å². The first-order chi connectivity index (χ1) is 9.15. The van der Waals surface area contributed by atoms with Gasteiger partial charge >= 0.3 is 5.97 Å². The molecule has 0 radical (unpaired) electrons. The minimum absolute atomic E-state index is 0.0302. The maximum absolute atomic E-state index is 10.9. The standard InChI is InChI=1S/C13H15NO3S2/c1-3-4-10(17-2)12-14-9(7-19-12)11-5-8(6-18-11)13(15)16/h5-7,10H,3-4H2,1-2H3,(H,15,16). The largest absolute Gasteiger partial charge is 0.478 e. The van der Waals surface area contributed by atoms with Gasteiger partial charge in [0.05, 0.1) is 16.1 Å². The average molecular weight is 297 g/mol. The fourth-order valence-electron chi connectivity index (χ4n) is 1.74. The molecular weight excluding hydrogens is 282 g/mol. The molecule has 102 valence electrons. The van der Waals surface area contributed by atoms with Gasteiger partial charge in [-0.05, 0) is 12.5 Å². The number of aromatic carboxylic acids is 1. The van der Waals surface area contributed by atoms with Crippen LogP contribution in [-0.2, 0) is 4.74 Å². The Labute approximate surface area is 119 Å². The van der Waals surface area contributed by atoms with Crippen LogP contribution in [0.4, 0.5) is 0 Å². The summed E-state index contributed by atoms with van der Waals surface area (Å²) in [6.07, 6.45) is 2.01. The number of methoxy groups -OCH3 is 1. The fraction of sp³-hybridized carbons (Fsp3) is 0.385. The van der Waals surface area contributed by atoms with E-state index in [0.29, 0.717) is 5.56 Å². The molecule has 0 aromatic carbocycles. The maximum atomic E-state index is 10.9. The van der Waals surface area contributed by atoms with Gasteiger partial charge in [-0.3, -0.25) is 0 Å². The molecule has 1 N–H and O–H groups in total. The zero-order chi connectivity index (χ0) is 13.8. The Bertz CT molecular complexity index is 562. The molecule has 0 saturated carbocycles. The van der Waals surface area contributed by atoms with Gasteiger partial charge in [0.1, 0.15) is 11.1 Å². The van der Waals surface area contributed by atoms with Crippen molar-refractivity contribution in [2.75, 3.05) is 7.11 Å². The number of hydrogen-bond acceptors (Lipinski definition) is 5. The third-order valence-corrected chi connectivity index (χ3v) is 4.62. The van der Waals surface area contributed by atoms with Crippen LogP contribution in [0.2, 0.25) is 0 Å². The molecule has 1 unspecified atom stereocenters. The highest BCUT2D eigenvalue weighted by atomic mass is 32.1. The highest BCUT2D eigenvalue weighted by molar-refractivity contribution is 7.14. The van der Waals surface area contributed by atoms with Gasteiger partial charge in [0.15, 0.2) is 0 Å². The summed E-state index contributed by atoms with van der Waals surface area (Å²) < 4.78 is 5.43. The van der Waals surface area contributed by atoms with E-state index in [4.69, 9.17) is 9.84 Å². The second-order valence-corrected chi connectivity index (χ2v) is 5.89. The smallest absolute Gasteiger partial charge is 0.336 e. The van der Waals surface area contributed by atoms with Crippen molar-refractivity contribution in [1.82, 2.24) is 4.98 Å². The van der Waals surface area contributed by atoms with Crippen LogP contribution >= 0.6 is 22.7 Å². The van der Waals surface area contributed by atoms with Gasteiger partial charge in [-0.25, -0.2) is 9.78 Å². The van der Waals surface area contributed by atoms with Crippen molar-refractivity contribution < 1.29 is 14.6 Å². The van der Waals surface area contributed by atoms with Gasteiger partial charge in [-0.2, -0.15) is 0 Å². The summed E-state index contributed by atoms with van der Waals surface area (Å²) >= 11 is 2.96. The first-order valence-corrected chi connectivity index (χ1v) is 7.72. The Balaban J connectivity index is 2.21. The molecule has 0 aliphatic rings. The van der Waals surface area contributed by atoms with E-state index >= 15 is 0 Å². The highest BCUT2D eigenvalue weighted by Gasteiger charge is 2.16. The fourth-order valence-corrected chi connectivity index (χ4v) is 3.58. The van der Waals surface area contributed by atoms with Crippen molar-refractivity contribution >= 4 is 28.6 Å². The second-order valence-electron chi connectivity index (χ2n) is 4.09. The molecule has 6 heteroatoms. The molecule has 2 rings (SSSR count). The first-order valence-electron chi connectivity index (χ1n) is 5.96. The van der Waals surface area contributed by atoms with E-state index in [1.54, 1.807) is 29.9 Å². The SMILES string of the molecule is CCCC(OC)c1nc(-c2cc(C(=O)O)cs2)cs1. The number of ether oxygens (including phenoxy) is 1. The Hall–Kier alpha value is -1.24. The van der Waals surface area contributed by atoms with Crippen molar-refractivity contribution in [2.45, 2.75) is 25.9 Å². The van der Waals surface area contributed by atoms with Crippen LogP contribution in [0.1, 0.15) is 41.2 Å². The Morgan fingerprint density at radius 2 is 2.26 bits per heavy atom. The summed E-state index contributed by atoms with van der Waals surface area (Å²) in [7, 11) is 1.69. The number of aromatic nitrogens is 1. The average Bonchev–Trinajstić information content (AvgIpc) is 3.03. The van der Waals surface area contributed by atoms with E-state index in [9.17, 15) is 4.79 Å². The zero-order valence-corrected chi connectivity index (χ0v) is 12.4. The third-order valence-electron chi connectivity index (χ3n) is 2.73. The summed E-state index contributed by atoms with van der Waals surface area (Å²) in [5.74, 6) is -0.904. The molecule has 2 aromatic rings. The van der Waals surface area contributed by atoms with Gasteiger partial charge < -0.3 is 9.84 Å². The lowest BCUT2D eigenvalue weighted by Crippen LogP contribution is -2.00. The van der Waals surface area contributed by atoms with E-state index in [0.717, 1.165) is 28.4 Å². The molecule has 0 aliphatic carbocycles. The summed E-state index contributed by atoms with van der Waals surface area (Å²) in [6, 6.07) is 1.66. The summed E-state index contributed by atoms with van der Waals surface area (Å²) in [4.78, 5) is 16.3. The summed E-state index contributed by atoms with van der Waals surface area (Å²) in [5.41, 5.74) is 1.14. The van der Waals surface area contributed by atoms with Crippen molar-refractivity contribution in [1.29, 1.82) is 0 Å². The van der Waals surface area contributed by atoms with Crippen molar-refractivity contribution in [2.24, 2.45) is 0 Å². The van der Waals surface area contributed by atoms with Crippen molar-refractivity contribution in [3.8, 4) is 10.6 Å². The second kappa shape index (κ2) is 6.27. The lowest BCUT2D eigenvalue weighted by molar-refractivity contribution is 0.0697. The van der Waals surface area contributed by atoms with Gasteiger partial charge in [-0.1, -0.05) is 13.3 Å². The molecule has 0 spiro atoms. The van der Waals surface area contributed by atoms with Crippen LogP contribution in [-0.4, -0.2) is 23.2 Å². The maximum Gasteiger partial charge on any atom is 0.336 e. The summed E-state index contributed by atoms with van der Waals surface area (Å²) in [5, 5.41) is 13.5. The predicted octanol–water partition coefficient (Wildman–Crippen LogP) is 4.06. The van der Waals surface area contributed by atoms with Crippen molar-refractivity contribution in [3.63, 3.8) is 0 Å². The Kier molecular flexibility index (Phi) is 4.68. The van der Waals surface area contributed by atoms with Gasteiger partial charge in [0.25, 0.3) is 0 Å². The van der Waals surface area contributed by atoms with Crippen LogP contribution in [0.3, 0.4) is 0 Å². The first kappa shape index (κ1) is 14.2. The number of rotatable bonds is 6. The van der Waals surface area contributed by atoms with Crippen LogP contribution in [0, 0.1) is 0 Å². The van der Waals surface area contributed by atoms with E-state index in [1.165, 1.54) is 11.3 Å². The normalized spacial score (nSPS) is 12.5. The molecule has 0 aliphatic heterocycles. The number of carboxylic acid groups (broad SMARTS) is 1. The predicted molar refractivity (Wildman–Crippen MR) is 77.0 cm³/mol. The molecule has 0 fully saturated rings. The molecule has 2 heterocycles. The van der Waals surface area contributed by atoms with Gasteiger partial charge in [0, 0.05) is 17.9 Å². The number of carboxylic acids is 1. The van der Waals surface area contributed by atoms with E-state index in [1.807, 2.05) is 5.38 Å². The topological polar surface area (TPSA) is 59.4 Å². The highest BCUT2D eigenvalue weighted by Crippen LogP contribution is 2.32. The van der Waals surface area contributed by atoms with Gasteiger partial charge in [0.2, 0.25) is 0 Å². The monoisotopic (exact) mass is 297 g/mol. The minimum Gasteiger partial charge on any atom is -0.478 e. The number of nitrogens with zero attached hydrogens (tertiary/aromatic N) is 1. The Morgan fingerprint density at radius 1 is 1.47 bits per heavy atom. The summed E-state index contributed by atoms with van der Waals surface area (Å²) in [6.45, 7) is 2.11. The molecule has 19 heavy (non-hydrogen) atoms. The van der Waals surface area contributed by atoms with Crippen LogP contribution in [0.5, 0.6) is 0 Å². The minimum atomic E-state index is -0.904. The van der Waals surface area contributed by atoms with Crippen molar-refractivity contribution in [3.05, 3.63) is 27.4 Å². The van der Waals surface area contributed by atoms with Gasteiger partial charge in [-0.15, -0.1) is 22.7 Å². The lowest BCUT2D eigenvalue weighted by atomic mass is 10.2. The van der Waals surface area contributed by atoms with Crippen LogP contribution in [0.15, 0.2) is 16.8 Å². The number of thiophene rings is 1. The molecule has 1 atom stereocenters. The quantitative estimate of drug-likeness (QED) is 0.873. The molecule has 2 aromatic heterocycles. The lowest BCUT2D eigenvalue weighted by Gasteiger charge is -2.10. The third kappa shape index (κ3) is 3.20. The van der Waals surface area contributed by atoms with E-state index in [-0.39, 0.29) is 6.10 Å². The zero-order valence-electron chi connectivity index (χ0n) is 10.8. The molecule has 0 saturated heterocycles. The molecule has 0 bridgehead atoms. The Morgan fingerprint density at radius 3 is 2.84 bits per heavy atom. The molecule has 4 nitrogen and oxygen atoms in total. The van der Waals surface area contributed by atoms with Crippen LogP contribution < -0.4 is 0 Å². The number of carbonyl (C=O) groups is 1. The molecule has 0 amide bonds. The number of hydrogen-bond donors (Lipinski definition) is 1. The number of thiazole rings is 1. The van der Waals surface area contributed by atoms with Crippen LogP contribution in [0.25, 0.3) is 10.6 Å². The van der Waals surface area contributed by atoms with E-state index < -0.39 is 5.97 Å².